The Morgan fingerprint density at radius 1 is 1.30 bits per heavy atom. The zero-order chi connectivity index (χ0) is 14.5. The third-order valence-electron chi connectivity index (χ3n) is 3.66. The van der Waals surface area contributed by atoms with Crippen LogP contribution in [0, 0.1) is 12.8 Å². The highest BCUT2D eigenvalue weighted by Crippen LogP contribution is 2.33. The van der Waals surface area contributed by atoms with E-state index in [1.165, 1.54) is 0 Å². The summed E-state index contributed by atoms with van der Waals surface area (Å²) in [6.45, 7) is 3.69. The molecule has 1 fully saturated rings. The first kappa shape index (κ1) is 14.7. The van der Waals surface area contributed by atoms with Crippen molar-refractivity contribution in [1.29, 1.82) is 0 Å². The van der Waals surface area contributed by atoms with Gasteiger partial charge in [-0.2, -0.15) is 0 Å². The molecule has 1 aromatic rings. The fourth-order valence-corrected chi connectivity index (χ4v) is 2.43. The molecule has 1 aliphatic heterocycles. The smallest absolute Gasteiger partial charge is 0.228 e. The first-order chi connectivity index (χ1) is 9.65. The van der Waals surface area contributed by atoms with Crippen LogP contribution in [0.1, 0.15) is 18.4 Å². The van der Waals surface area contributed by atoms with Crippen molar-refractivity contribution in [2.75, 3.05) is 32.6 Å². The Hall–Kier alpha value is -1.75. The normalized spacial score (nSPS) is 18.4. The van der Waals surface area contributed by atoms with Crippen LogP contribution in [0.15, 0.2) is 12.1 Å². The molecule has 1 unspecified atom stereocenters. The van der Waals surface area contributed by atoms with Crippen LogP contribution in [-0.2, 0) is 4.79 Å². The number of amides is 1. The van der Waals surface area contributed by atoms with E-state index in [1.807, 2.05) is 19.1 Å². The summed E-state index contributed by atoms with van der Waals surface area (Å²) in [6.07, 6.45) is 1.98. The minimum absolute atomic E-state index is 0.0382. The van der Waals surface area contributed by atoms with Crippen LogP contribution < -0.4 is 20.1 Å². The molecule has 2 N–H and O–H groups in total. The minimum Gasteiger partial charge on any atom is -0.493 e. The van der Waals surface area contributed by atoms with Gasteiger partial charge in [0, 0.05) is 18.3 Å². The van der Waals surface area contributed by atoms with Crippen LogP contribution in [-0.4, -0.2) is 33.2 Å². The molecule has 1 aliphatic rings. The predicted octanol–water partition coefficient (Wildman–Crippen LogP) is 1.95. The first-order valence-corrected chi connectivity index (χ1v) is 6.90. The number of anilines is 1. The van der Waals surface area contributed by atoms with Gasteiger partial charge in [-0.15, -0.1) is 0 Å². The number of piperidine rings is 1. The molecule has 0 spiro atoms. The SMILES string of the molecule is COc1cc(C)c(NC(=O)C2CCCNC2)cc1OC. The lowest BCUT2D eigenvalue weighted by atomic mass is 9.98. The van der Waals surface area contributed by atoms with E-state index in [0.717, 1.165) is 37.2 Å². The number of ether oxygens (including phenoxy) is 2. The van der Waals surface area contributed by atoms with Gasteiger partial charge < -0.3 is 20.1 Å². The van der Waals surface area contributed by atoms with E-state index >= 15 is 0 Å². The predicted molar refractivity (Wildman–Crippen MR) is 78.5 cm³/mol. The largest absolute Gasteiger partial charge is 0.493 e. The Morgan fingerprint density at radius 2 is 2.00 bits per heavy atom. The Labute approximate surface area is 119 Å². The Bertz CT molecular complexity index is 482. The second-order valence-corrected chi connectivity index (χ2v) is 5.05. The number of methoxy groups -OCH3 is 2. The lowest BCUT2D eigenvalue weighted by Gasteiger charge is -2.22. The maximum absolute atomic E-state index is 12.3. The van der Waals surface area contributed by atoms with E-state index in [9.17, 15) is 4.79 Å². The van der Waals surface area contributed by atoms with Crippen LogP contribution in [0.25, 0.3) is 0 Å². The van der Waals surface area contributed by atoms with Gasteiger partial charge in [-0.1, -0.05) is 0 Å². The molecular formula is C15H22N2O3. The number of benzene rings is 1. The van der Waals surface area contributed by atoms with Crippen LogP contribution >= 0.6 is 0 Å². The summed E-state index contributed by atoms with van der Waals surface area (Å²) in [5.74, 6) is 1.39. The fourth-order valence-electron chi connectivity index (χ4n) is 2.43. The van der Waals surface area contributed by atoms with Crippen molar-refractivity contribution in [2.45, 2.75) is 19.8 Å². The Balaban J connectivity index is 2.13. The highest BCUT2D eigenvalue weighted by atomic mass is 16.5. The highest BCUT2D eigenvalue weighted by Gasteiger charge is 2.21. The van der Waals surface area contributed by atoms with Gasteiger partial charge in [0.05, 0.1) is 20.1 Å². The number of aryl methyl sites for hydroxylation is 1. The van der Waals surface area contributed by atoms with E-state index in [0.29, 0.717) is 11.5 Å². The van der Waals surface area contributed by atoms with Crippen molar-refractivity contribution in [3.8, 4) is 11.5 Å². The second-order valence-electron chi connectivity index (χ2n) is 5.05. The average Bonchev–Trinajstić information content (AvgIpc) is 2.49. The lowest BCUT2D eigenvalue weighted by molar-refractivity contribution is -0.120. The highest BCUT2D eigenvalue weighted by molar-refractivity contribution is 5.93. The van der Waals surface area contributed by atoms with Crippen molar-refractivity contribution in [3.05, 3.63) is 17.7 Å². The Kier molecular flexibility index (Phi) is 4.84. The minimum atomic E-state index is 0.0382. The zero-order valence-electron chi connectivity index (χ0n) is 12.3. The molecule has 1 saturated heterocycles. The molecule has 110 valence electrons. The van der Waals surface area contributed by atoms with Gasteiger partial charge in [-0.05, 0) is 37.9 Å². The van der Waals surface area contributed by atoms with Gasteiger partial charge >= 0.3 is 0 Å². The molecule has 2 rings (SSSR count). The topological polar surface area (TPSA) is 59.6 Å². The van der Waals surface area contributed by atoms with Gasteiger partial charge in [0.25, 0.3) is 0 Å². The molecule has 20 heavy (non-hydrogen) atoms. The molecular weight excluding hydrogens is 256 g/mol. The summed E-state index contributed by atoms with van der Waals surface area (Å²) in [7, 11) is 3.19. The van der Waals surface area contributed by atoms with E-state index in [1.54, 1.807) is 14.2 Å². The number of carbonyl (C=O) groups excluding carboxylic acids is 1. The number of hydrogen-bond acceptors (Lipinski definition) is 4. The quantitative estimate of drug-likeness (QED) is 0.884. The van der Waals surface area contributed by atoms with Crippen LogP contribution in [0.3, 0.4) is 0 Å². The summed E-state index contributed by atoms with van der Waals surface area (Å²) < 4.78 is 10.5. The molecule has 0 bridgehead atoms. The zero-order valence-corrected chi connectivity index (χ0v) is 12.3. The molecule has 1 atom stereocenters. The van der Waals surface area contributed by atoms with Gasteiger partial charge in [-0.3, -0.25) is 4.79 Å². The molecule has 0 aliphatic carbocycles. The maximum atomic E-state index is 12.3. The van der Waals surface area contributed by atoms with Crippen molar-refractivity contribution in [2.24, 2.45) is 5.92 Å². The van der Waals surface area contributed by atoms with Crippen molar-refractivity contribution >= 4 is 11.6 Å². The molecule has 1 amide bonds. The van der Waals surface area contributed by atoms with Crippen LogP contribution in [0.5, 0.6) is 11.5 Å². The molecule has 0 saturated carbocycles. The van der Waals surface area contributed by atoms with Gasteiger partial charge in [0.2, 0.25) is 5.91 Å². The van der Waals surface area contributed by atoms with Crippen molar-refractivity contribution in [1.82, 2.24) is 5.32 Å². The number of hydrogen-bond donors (Lipinski definition) is 2. The molecule has 1 heterocycles. The van der Waals surface area contributed by atoms with Crippen LogP contribution in [0.4, 0.5) is 5.69 Å². The molecule has 5 heteroatoms. The summed E-state index contributed by atoms with van der Waals surface area (Å²) >= 11 is 0. The number of carbonyl (C=O) groups is 1. The lowest BCUT2D eigenvalue weighted by Crippen LogP contribution is -2.37. The number of rotatable bonds is 4. The molecule has 1 aromatic carbocycles. The van der Waals surface area contributed by atoms with Crippen molar-refractivity contribution < 1.29 is 14.3 Å². The third-order valence-corrected chi connectivity index (χ3v) is 3.66. The van der Waals surface area contributed by atoms with Crippen LogP contribution in [0.2, 0.25) is 0 Å². The summed E-state index contributed by atoms with van der Waals surface area (Å²) in [5, 5.41) is 6.24. The van der Waals surface area contributed by atoms with Gasteiger partial charge in [0.1, 0.15) is 0 Å². The standard InChI is InChI=1S/C15H22N2O3/c1-10-7-13(19-2)14(20-3)8-12(10)17-15(18)11-5-4-6-16-9-11/h7-8,11,16H,4-6,9H2,1-3H3,(H,17,18). The fraction of sp³-hybridized carbons (Fsp3) is 0.533. The van der Waals surface area contributed by atoms with E-state index in [2.05, 4.69) is 10.6 Å². The number of nitrogens with one attached hydrogen (secondary N) is 2. The Morgan fingerprint density at radius 3 is 2.60 bits per heavy atom. The average molecular weight is 278 g/mol. The van der Waals surface area contributed by atoms with E-state index < -0.39 is 0 Å². The van der Waals surface area contributed by atoms with Crippen molar-refractivity contribution in [3.63, 3.8) is 0 Å². The molecule has 0 radical (unpaired) electrons. The maximum Gasteiger partial charge on any atom is 0.228 e. The van der Waals surface area contributed by atoms with E-state index in [4.69, 9.17) is 9.47 Å². The molecule has 0 aromatic heterocycles. The second kappa shape index (κ2) is 6.61. The summed E-state index contributed by atoms with van der Waals surface area (Å²) in [5.41, 5.74) is 1.73. The third kappa shape index (κ3) is 3.22. The first-order valence-electron chi connectivity index (χ1n) is 6.90. The summed E-state index contributed by atoms with van der Waals surface area (Å²) in [6, 6.07) is 3.68. The van der Waals surface area contributed by atoms with Gasteiger partial charge in [0.15, 0.2) is 11.5 Å². The molecule has 5 nitrogen and oxygen atoms in total. The summed E-state index contributed by atoms with van der Waals surface area (Å²) in [4.78, 5) is 12.3. The van der Waals surface area contributed by atoms with E-state index in [-0.39, 0.29) is 11.8 Å². The monoisotopic (exact) mass is 278 g/mol. The van der Waals surface area contributed by atoms with Gasteiger partial charge in [-0.25, -0.2) is 0 Å².